The number of nitrogens with one attached hydrogen (secondary N) is 1. The van der Waals surface area contributed by atoms with Gasteiger partial charge in [-0.3, -0.25) is 0 Å². The lowest BCUT2D eigenvalue weighted by Crippen LogP contribution is -2.68. The molecule has 0 bridgehead atoms. The third-order valence-electron chi connectivity index (χ3n) is 3.93. The number of benzene rings is 2. The molecule has 0 atom stereocenters. The predicted molar refractivity (Wildman–Crippen MR) is 90.9 cm³/mol. The van der Waals surface area contributed by atoms with E-state index in [0.29, 0.717) is 16.9 Å². The molecule has 0 saturated carbocycles. The molecule has 9 heteroatoms. The van der Waals surface area contributed by atoms with E-state index >= 15 is 0 Å². The van der Waals surface area contributed by atoms with Crippen LogP contribution in [0.25, 0.3) is 34.0 Å². The second kappa shape index (κ2) is 7.93. The molecular formula is C19H15ClN2O6. The van der Waals surface area contributed by atoms with Gasteiger partial charge in [-0.25, -0.2) is 23.4 Å². The van der Waals surface area contributed by atoms with Crippen LogP contribution in [0, 0.1) is 10.2 Å². The molecule has 1 N–H and O–H groups in total. The number of halogens is 1. The summed E-state index contributed by atoms with van der Waals surface area (Å²) in [6.07, 6.45) is 5.79. The number of para-hydroxylation sites is 2. The number of H-pyrrole nitrogens is 1. The molecule has 144 valence electrons. The molecule has 4 rings (SSSR count). The minimum Gasteiger partial charge on any atom is -0.404 e. The largest absolute Gasteiger partial charge is 0.424 e. The molecule has 8 nitrogen and oxygen atoms in total. The van der Waals surface area contributed by atoms with Crippen LogP contribution in [0.5, 0.6) is 0 Å². The van der Waals surface area contributed by atoms with Gasteiger partial charge < -0.3 is 8.98 Å². The van der Waals surface area contributed by atoms with Crippen molar-refractivity contribution in [2.45, 2.75) is 0 Å². The summed E-state index contributed by atoms with van der Waals surface area (Å²) in [5.74, 6) is 0.432. The highest BCUT2D eigenvalue weighted by Crippen LogP contribution is 2.22. The molecule has 0 unspecified atom stereocenters. The Bertz CT molecular complexity index is 1200. The smallest absolute Gasteiger partial charge is 0.404 e. The zero-order chi connectivity index (χ0) is 20.3. The van der Waals surface area contributed by atoms with Crippen molar-refractivity contribution < 1.29 is 38.3 Å². The van der Waals surface area contributed by atoms with Crippen LogP contribution in [0.4, 0.5) is 0 Å². The van der Waals surface area contributed by atoms with E-state index in [1.165, 1.54) is 0 Å². The zero-order valence-corrected chi connectivity index (χ0v) is 15.4. The SMILES string of the molecule is Cn1cc(C=Cc2[nH+]c(=O)c3ccccc3o2)c2ccccc21.[O-][Cl+3]([O-])([O-])[O-]. The Kier molecular flexibility index (Phi) is 5.59. The Balaban J connectivity index is 0.000000403. The van der Waals surface area contributed by atoms with Crippen LogP contribution in [0.2, 0.25) is 0 Å². The number of fused-ring (bicyclic) bond motifs is 2. The second-order valence-electron chi connectivity index (χ2n) is 5.84. The Morgan fingerprint density at radius 3 is 2.29 bits per heavy atom. The van der Waals surface area contributed by atoms with E-state index in [2.05, 4.69) is 27.9 Å². The van der Waals surface area contributed by atoms with Crippen molar-refractivity contribution in [3.8, 4) is 0 Å². The van der Waals surface area contributed by atoms with Crippen molar-refractivity contribution >= 4 is 34.0 Å². The van der Waals surface area contributed by atoms with Crippen LogP contribution in [0.3, 0.4) is 0 Å². The summed E-state index contributed by atoms with van der Waals surface area (Å²) in [5, 5.41) is 1.71. The Hall–Kier alpha value is -3.01. The van der Waals surface area contributed by atoms with Gasteiger partial charge in [-0.15, -0.1) is 15.2 Å². The van der Waals surface area contributed by atoms with Gasteiger partial charge in [-0.2, -0.15) is 0 Å². The van der Waals surface area contributed by atoms with Crippen LogP contribution in [0.15, 0.2) is 63.9 Å². The van der Waals surface area contributed by atoms with E-state index in [1.807, 2.05) is 37.4 Å². The van der Waals surface area contributed by atoms with Crippen molar-refractivity contribution in [2.24, 2.45) is 7.05 Å². The fourth-order valence-electron chi connectivity index (χ4n) is 2.81. The molecule has 28 heavy (non-hydrogen) atoms. The first-order valence-electron chi connectivity index (χ1n) is 8.01. The van der Waals surface area contributed by atoms with Gasteiger partial charge in [-0.05, 0) is 24.3 Å². The first-order valence-corrected chi connectivity index (χ1v) is 9.25. The summed E-state index contributed by atoms with van der Waals surface area (Å²) in [6, 6.07) is 15.4. The number of aromatic nitrogens is 2. The summed E-state index contributed by atoms with van der Waals surface area (Å²) in [5.41, 5.74) is 2.67. The maximum absolute atomic E-state index is 12.1. The lowest BCUT2D eigenvalue weighted by molar-refractivity contribution is -2.00. The average Bonchev–Trinajstić information content (AvgIpc) is 2.95. The van der Waals surface area contributed by atoms with Crippen LogP contribution in [-0.2, 0) is 7.05 Å². The quantitative estimate of drug-likeness (QED) is 0.400. The molecule has 2 aromatic carbocycles. The topological polar surface area (TPSA) is 142 Å². The van der Waals surface area contributed by atoms with Crippen LogP contribution >= 0.6 is 0 Å². The Morgan fingerprint density at radius 1 is 0.964 bits per heavy atom. The highest BCUT2D eigenvalue weighted by molar-refractivity contribution is 5.91. The van der Waals surface area contributed by atoms with Gasteiger partial charge in [0.05, 0.1) is 6.08 Å². The Labute approximate surface area is 161 Å². The number of aryl methyl sites for hydroxylation is 1. The first-order chi connectivity index (χ1) is 13.2. The Morgan fingerprint density at radius 2 is 1.57 bits per heavy atom. The highest BCUT2D eigenvalue weighted by atomic mass is 35.7. The molecule has 0 aliphatic rings. The van der Waals surface area contributed by atoms with E-state index in [4.69, 9.17) is 23.1 Å². The average molecular weight is 403 g/mol. The maximum Gasteiger partial charge on any atom is 0.424 e. The summed E-state index contributed by atoms with van der Waals surface area (Å²) in [7, 11) is -2.93. The second-order valence-corrected chi connectivity index (χ2v) is 6.60. The summed E-state index contributed by atoms with van der Waals surface area (Å²) in [4.78, 5) is 14.8. The van der Waals surface area contributed by atoms with Crippen LogP contribution in [-0.4, -0.2) is 4.57 Å². The molecule has 2 aromatic heterocycles. The fourth-order valence-corrected chi connectivity index (χ4v) is 2.81. The minimum absolute atomic E-state index is 0.149. The van der Waals surface area contributed by atoms with Gasteiger partial charge in [-0.1, -0.05) is 30.3 Å². The van der Waals surface area contributed by atoms with Crippen molar-refractivity contribution in [1.82, 2.24) is 4.57 Å². The monoisotopic (exact) mass is 402 g/mol. The molecule has 0 aliphatic heterocycles. The zero-order valence-electron chi connectivity index (χ0n) is 14.6. The van der Waals surface area contributed by atoms with Crippen molar-refractivity contribution in [3.63, 3.8) is 0 Å². The summed E-state index contributed by atoms with van der Waals surface area (Å²) < 4.78 is 41.8. The van der Waals surface area contributed by atoms with Gasteiger partial charge >= 0.3 is 11.4 Å². The van der Waals surface area contributed by atoms with E-state index < -0.39 is 10.2 Å². The number of aromatic amines is 1. The number of hydrogen-bond acceptors (Lipinski definition) is 6. The maximum atomic E-state index is 12.1. The molecule has 2 heterocycles. The molecule has 0 radical (unpaired) electrons. The summed E-state index contributed by atoms with van der Waals surface area (Å²) in [6.45, 7) is 0. The first kappa shape index (κ1) is 19.7. The van der Waals surface area contributed by atoms with Crippen molar-refractivity contribution in [3.05, 3.63) is 76.5 Å². The van der Waals surface area contributed by atoms with Gasteiger partial charge in [0.25, 0.3) is 0 Å². The summed E-state index contributed by atoms with van der Waals surface area (Å²) >= 11 is 0. The van der Waals surface area contributed by atoms with Crippen LogP contribution < -0.4 is 29.2 Å². The number of hydrogen-bond donors (Lipinski definition) is 0. The van der Waals surface area contributed by atoms with Gasteiger partial charge in [0.2, 0.25) is 0 Å². The number of rotatable bonds is 2. The fraction of sp³-hybridized carbons (Fsp3) is 0.0526. The lowest BCUT2D eigenvalue weighted by atomic mass is 10.1. The molecular weight excluding hydrogens is 388 g/mol. The third kappa shape index (κ3) is 4.83. The highest BCUT2D eigenvalue weighted by Gasteiger charge is 2.10. The van der Waals surface area contributed by atoms with E-state index in [9.17, 15) is 4.79 Å². The van der Waals surface area contributed by atoms with E-state index in [0.717, 1.165) is 16.5 Å². The minimum atomic E-state index is -4.94. The molecule has 0 saturated heterocycles. The van der Waals surface area contributed by atoms with Crippen molar-refractivity contribution in [1.29, 1.82) is 0 Å². The van der Waals surface area contributed by atoms with Gasteiger partial charge in [0.1, 0.15) is 5.39 Å². The van der Waals surface area contributed by atoms with Crippen LogP contribution in [0.1, 0.15) is 11.5 Å². The van der Waals surface area contributed by atoms with Gasteiger partial charge in [0, 0.05) is 29.7 Å². The third-order valence-corrected chi connectivity index (χ3v) is 3.93. The van der Waals surface area contributed by atoms with E-state index in [-0.39, 0.29) is 5.56 Å². The molecule has 0 amide bonds. The van der Waals surface area contributed by atoms with Crippen molar-refractivity contribution in [2.75, 3.05) is 0 Å². The molecule has 0 spiro atoms. The normalized spacial score (nSPS) is 11.8. The van der Waals surface area contributed by atoms with E-state index in [1.54, 1.807) is 18.2 Å². The molecule has 0 fully saturated rings. The standard InChI is InChI=1S/C19H14N2O2.ClHO4/c1-21-12-13(14-6-2-4-8-16(14)21)10-11-18-20-19(22)15-7-3-5-9-17(15)23-18;2-1(3,4)5/h2-12H,1H3;(H,2,3,4,5). The molecule has 0 aliphatic carbocycles. The molecule has 4 aromatic rings. The predicted octanol–water partition coefficient (Wildman–Crippen LogP) is -1.49. The number of nitrogens with zero attached hydrogens (tertiary/aromatic N) is 1. The van der Waals surface area contributed by atoms with Gasteiger partial charge in [0.15, 0.2) is 5.58 Å². The lowest BCUT2D eigenvalue weighted by Gasteiger charge is -2.17.